The van der Waals surface area contributed by atoms with Crippen LogP contribution in [0, 0.1) is 12.7 Å². The molecule has 0 aliphatic carbocycles. The maximum absolute atomic E-state index is 13.3. The summed E-state index contributed by atoms with van der Waals surface area (Å²) in [5.74, 6) is 0.0134. The van der Waals surface area contributed by atoms with Crippen LogP contribution in [0.4, 0.5) is 4.39 Å². The molecule has 1 aromatic carbocycles. The number of hydrogen-bond donors (Lipinski definition) is 1. The molecule has 0 bridgehead atoms. The molecular formula is C19H16FN3O2S. The fourth-order valence-electron chi connectivity index (χ4n) is 2.15. The molecular weight excluding hydrogens is 353 g/mol. The zero-order chi connectivity index (χ0) is 18.4. The Kier molecular flexibility index (Phi) is 5.70. The molecule has 0 aliphatic heterocycles. The molecule has 5 nitrogen and oxygen atoms in total. The minimum Gasteiger partial charge on any atom is -0.439 e. The lowest BCUT2D eigenvalue weighted by Crippen LogP contribution is -2.20. The van der Waals surface area contributed by atoms with Crippen LogP contribution in [-0.4, -0.2) is 15.9 Å². The molecule has 1 N–H and O–H groups in total. The van der Waals surface area contributed by atoms with Gasteiger partial charge in [-0.05, 0) is 31.2 Å². The highest BCUT2D eigenvalue weighted by Gasteiger charge is 2.08. The van der Waals surface area contributed by atoms with E-state index >= 15 is 0 Å². The SMILES string of the molecule is Cc1nc(/C=C/C(=O)NCc2cccnc2Oc2cccc(F)c2)cs1. The fourth-order valence-corrected chi connectivity index (χ4v) is 2.73. The number of aryl methyl sites for hydroxylation is 1. The van der Waals surface area contributed by atoms with E-state index in [0.29, 0.717) is 17.2 Å². The molecule has 0 spiro atoms. The molecule has 2 heterocycles. The molecule has 0 saturated heterocycles. The van der Waals surface area contributed by atoms with Gasteiger partial charge in [0.15, 0.2) is 0 Å². The van der Waals surface area contributed by atoms with Crippen molar-refractivity contribution in [1.82, 2.24) is 15.3 Å². The number of ether oxygens (including phenoxy) is 1. The minimum atomic E-state index is -0.393. The Morgan fingerprint density at radius 2 is 2.23 bits per heavy atom. The number of nitrogens with one attached hydrogen (secondary N) is 1. The van der Waals surface area contributed by atoms with Crippen LogP contribution in [0.3, 0.4) is 0 Å². The molecule has 0 unspecified atom stereocenters. The van der Waals surface area contributed by atoms with Gasteiger partial charge in [-0.3, -0.25) is 4.79 Å². The number of aromatic nitrogens is 2. The monoisotopic (exact) mass is 369 g/mol. The van der Waals surface area contributed by atoms with Crippen LogP contribution in [0.1, 0.15) is 16.3 Å². The van der Waals surface area contributed by atoms with Gasteiger partial charge in [0.25, 0.3) is 0 Å². The number of carbonyl (C=O) groups is 1. The number of halogens is 1. The number of rotatable bonds is 6. The maximum Gasteiger partial charge on any atom is 0.244 e. The van der Waals surface area contributed by atoms with Crippen molar-refractivity contribution >= 4 is 23.3 Å². The molecule has 0 atom stereocenters. The smallest absolute Gasteiger partial charge is 0.244 e. The third kappa shape index (κ3) is 4.97. The highest BCUT2D eigenvalue weighted by molar-refractivity contribution is 7.09. The summed E-state index contributed by atoms with van der Waals surface area (Å²) in [7, 11) is 0. The second-order valence-electron chi connectivity index (χ2n) is 5.37. The normalized spacial score (nSPS) is 10.8. The molecule has 3 rings (SSSR count). The van der Waals surface area contributed by atoms with Crippen LogP contribution >= 0.6 is 11.3 Å². The van der Waals surface area contributed by atoms with Gasteiger partial charge >= 0.3 is 0 Å². The van der Waals surface area contributed by atoms with Crippen molar-refractivity contribution in [3.8, 4) is 11.6 Å². The van der Waals surface area contributed by atoms with Gasteiger partial charge in [0.2, 0.25) is 11.8 Å². The summed E-state index contributed by atoms with van der Waals surface area (Å²) in [6.45, 7) is 2.14. The van der Waals surface area contributed by atoms with Crippen molar-refractivity contribution in [3.05, 3.63) is 76.1 Å². The van der Waals surface area contributed by atoms with Gasteiger partial charge in [-0.15, -0.1) is 11.3 Å². The third-order valence-corrected chi connectivity index (χ3v) is 4.15. The molecule has 26 heavy (non-hydrogen) atoms. The molecule has 0 radical (unpaired) electrons. The molecule has 2 aromatic heterocycles. The number of nitrogens with zero attached hydrogens (tertiary/aromatic N) is 2. The van der Waals surface area contributed by atoms with Gasteiger partial charge in [0.05, 0.1) is 10.7 Å². The highest BCUT2D eigenvalue weighted by atomic mass is 32.1. The van der Waals surface area contributed by atoms with E-state index in [1.165, 1.54) is 29.5 Å². The quantitative estimate of drug-likeness (QED) is 0.664. The third-order valence-electron chi connectivity index (χ3n) is 3.36. The van der Waals surface area contributed by atoms with Crippen molar-refractivity contribution in [2.24, 2.45) is 0 Å². The first-order valence-electron chi connectivity index (χ1n) is 7.85. The fraction of sp³-hybridized carbons (Fsp3) is 0.105. The average Bonchev–Trinajstić information content (AvgIpc) is 3.05. The zero-order valence-corrected chi connectivity index (χ0v) is 14.8. The van der Waals surface area contributed by atoms with E-state index in [0.717, 1.165) is 10.7 Å². The van der Waals surface area contributed by atoms with E-state index in [9.17, 15) is 9.18 Å². The van der Waals surface area contributed by atoms with Crippen LogP contribution in [-0.2, 0) is 11.3 Å². The first kappa shape index (κ1) is 17.8. The maximum atomic E-state index is 13.3. The Labute approximate surface area is 154 Å². The molecule has 3 aromatic rings. The number of pyridine rings is 1. The highest BCUT2D eigenvalue weighted by Crippen LogP contribution is 2.23. The van der Waals surface area contributed by atoms with Crippen LogP contribution in [0.5, 0.6) is 11.6 Å². The summed E-state index contributed by atoms with van der Waals surface area (Å²) >= 11 is 1.52. The van der Waals surface area contributed by atoms with Gasteiger partial charge in [-0.2, -0.15) is 0 Å². The van der Waals surface area contributed by atoms with Gasteiger partial charge < -0.3 is 10.1 Å². The first-order valence-corrected chi connectivity index (χ1v) is 8.73. The van der Waals surface area contributed by atoms with E-state index in [-0.39, 0.29) is 12.5 Å². The van der Waals surface area contributed by atoms with Gasteiger partial charge in [0.1, 0.15) is 11.6 Å². The Morgan fingerprint density at radius 3 is 3.00 bits per heavy atom. The number of hydrogen-bond acceptors (Lipinski definition) is 5. The molecule has 0 fully saturated rings. The van der Waals surface area contributed by atoms with Crippen LogP contribution < -0.4 is 10.1 Å². The number of benzene rings is 1. The number of amides is 1. The van der Waals surface area contributed by atoms with Crippen molar-refractivity contribution in [2.75, 3.05) is 0 Å². The summed E-state index contributed by atoms with van der Waals surface area (Å²) in [5.41, 5.74) is 1.43. The molecule has 0 saturated carbocycles. The summed E-state index contributed by atoms with van der Waals surface area (Å²) in [6, 6.07) is 9.33. The Hall–Kier alpha value is -3.06. The minimum absolute atomic E-state index is 0.234. The first-order chi connectivity index (χ1) is 12.6. The number of thiazole rings is 1. The lowest BCUT2D eigenvalue weighted by molar-refractivity contribution is -0.116. The van der Waals surface area contributed by atoms with Crippen molar-refractivity contribution < 1.29 is 13.9 Å². The molecule has 1 amide bonds. The van der Waals surface area contributed by atoms with Gasteiger partial charge in [0, 0.05) is 35.8 Å². The number of carbonyl (C=O) groups excluding carboxylic acids is 1. The lowest BCUT2D eigenvalue weighted by Gasteiger charge is -2.10. The van der Waals surface area contributed by atoms with Crippen molar-refractivity contribution in [3.63, 3.8) is 0 Å². The standard InChI is InChI=1S/C19H16FN3O2S/c1-13-23-16(12-26-13)7-8-18(24)22-11-14-4-3-9-21-19(14)25-17-6-2-5-15(20)10-17/h2-10,12H,11H2,1H3,(H,22,24)/b8-7+. The predicted molar refractivity (Wildman–Crippen MR) is 98.4 cm³/mol. The second kappa shape index (κ2) is 8.35. The molecule has 132 valence electrons. The van der Waals surface area contributed by atoms with Gasteiger partial charge in [-0.1, -0.05) is 12.1 Å². The van der Waals surface area contributed by atoms with Crippen molar-refractivity contribution in [1.29, 1.82) is 0 Å². The zero-order valence-electron chi connectivity index (χ0n) is 14.0. The molecule has 7 heteroatoms. The topological polar surface area (TPSA) is 64.1 Å². The summed E-state index contributed by atoms with van der Waals surface area (Å²) in [5, 5.41) is 5.59. The van der Waals surface area contributed by atoms with E-state index in [1.54, 1.807) is 36.5 Å². The predicted octanol–water partition coefficient (Wildman–Crippen LogP) is 4.11. The van der Waals surface area contributed by atoms with Gasteiger partial charge in [-0.25, -0.2) is 14.4 Å². The van der Waals surface area contributed by atoms with E-state index < -0.39 is 5.82 Å². The van der Waals surface area contributed by atoms with Crippen LogP contribution in [0.25, 0.3) is 6.08 Å². The summed E-state index contributed by atoms with van der Waals surface area (Å²) in [6.07, 6.45) is 4.66. The van der Waals surface area contributed by atoms with E-state index in [4.69, 9.17) is 4.74 Å². The summed E-state index contributed by atoms with van der Waals surface area (Å²) < 4.78 is 18.9. The average molecular weight is 369 g/mol. The second-order valence-corrected chi connectivity index (χ2v) is 6.43. The van der Waals surface area contributed by atoms with E-state index in [2.05, 4.69) is 15.3 Å². The van der Waals surface area contributed by atoms with Crippen LogP contribution in [0.2, 0.25) is 0 Å². The summed E-state index contributed by atoms with van der Waals surface area (Å²) in [4.78, 5) is 20.4. The lowest BCUT2D eigenvalue weighted by atomic mass is 10.2. The van der Waals surface area contributed by atoms with Crippen molar-refractivity contribution in [2.45, 2.75) is 13.5 Å². The largest absolute Gasteiger partial charge is 0.439 e. The molecule has 0 aliphatic rings. The van der Waals surface area contributed by atoms with E-state index in [1.807, 2.05) is 12.3 Å². The Bertz CT molecular complexity index is 940. The Balaban J connectivity index is 1.63. The van der Waals surface area contributed by atoms with Crippen LogP contribution in [0.15, 0.2) is 54.1 Å². The Morgan fingerprint density at radius 1 is 1.35 bits per heavy atom.